The number of carbonyl (C=O) groups is 1. The minimum absolute atomic E-state index is 0.112. The third-order valence-corrected chi connectivity index (χ3v) is 10.9. The van der Waals surface area contributed by atoms with Crippen molar-refractivity contribution in [1.29, 1.82) is 0 Å². The predicted molar refractivity (Wildman–Crippen MR) is 166 cm³/mol. The van der Waals surface area contributed by atoms with E-state index in [-0.39, 0.29) is 18.1 Å². The van der Waals surface area contributed by atoms with Crippen molar-refractivity contribution in [2.24, 2.45) is 5.92 Å². The van der Waals surface area contributed by atoms with Gasteiger partial charge in [-0.15, -0.1) is 11.8 Å². The molecule has 0 unspecified atom stereocenters. The van der Waals surface area contributed by atoms with Crippen LogP contribution in [0.3, 0.4) is 0 Å². The van der Waals surface area contributed by atoms with E-state index in [0.29, 0.717) is 13.2 Å². The van der Waals surface area contributed by atoms with E-state index in [4.69, 9.17) is 14.2 Å². The molecule has 1 amide bonds. The molecule has 0 aromatic heterocycles. The summed E-state index contributed by atoms with van der Waals surface area (Å²) in [6.07, 6.45) is 8.97. The SMILES string of the molecule is CC(C)[C@@H]1N(C[Si](C)(C)CC#CCCCC2=CC3(CCC2)OCCO3)C(=O)OC1(c1ccccc1)c1ccccc1. The van der Waals surface area contributed by atoms with Gasteiger partial charge in [0.05, 0.1) is 27.3 Å². The quantitative estimate of drug-likeness (QED) is 0.134. The summed E-state index contributed by atoms with van der Waals surface area (Å²) in [5.74, 6) is 6.69. The number of hydrogen-bond acceptors (Lipinski definition) is 4. The van der Waals surface area contributed by atoms with Crippen LogP contribution in [0.15, 0.2) is 72.3 Å². The minimum Gasteiger partial charge on any atom is -0.431 e. The normalized spacial score (nSPS) is 21.5. The van der Waals surface area contributed by atoms with Gasteiger partial charge in [-0.05, 0) is 37.7 Å². The molecular weight excluding hydrogens is 526 g/mol. The Hall–Kier alpha value is -2.85. The monoisotopic (exact) mass is 571 g/mol. The van der Waals surface area contributed by atoms with Gasteiger partial charge in [0.1, 0.15) is 0 Å². The fourth-order valence-electron chi connectivity index (χ4n) is 6.80. The van der Waals surface area contributed by atoms with E-state index >= 15 is 0 Å². The maximum Gasteiger partial charge on any atom is 0.411 e. The van der Waals surface area contributed by atoms with Crippen molar-refractivity contribution >= 4 is 14.2 Å². The maximum atomic E-state index is 13.7. The summed E-state index contributed by atoms with van der Waals surface area (Å²) in [5, 5.41) is 0. The second-order valence-electron chi connectivity index (χ2n) is 12.9. The average molecular weight is 572 g/mol. The maximum absolute atomic E-state index is 13.7. The lowest BCUT2D eigenvalue weighted by molar-refractivity contribution is -0.125. The number of benzene rings is 2. The predicted octanol–water partition coefficient (Wildman–Crippen LogP) is 7.68. The lowest BCUT2D eigenvalue weighted by Crippen LogP contribution is -2.52. The molecule has 5 rings (SSSR count). The summed E-state index contributed by atoms with van der Waals surface area (Å²) < 4.78 is 18.2. The van der Waals surface area contributed by atoms with Crippen molar-refractivity contribution in [2.45, 2.75) is 88.9 Å². The highest BCUT2D eigenvalue weighted by atomic mass is 28.3. The molecule has 0 radical (unpaired) electrons. The van der Waals surface area contributed by atoms with Crippen LogP contribution in [0.4, 0.5) is 4.79 Å². The van der Waals surface area contributed by atoms with Crippen LogP contribution < -0.4 is 0 Å². The van der Waals surface area contributed by atoms with Gasteiger partial charge in [-0.3, -0.25) is 0 Å². The fourth-order valence-corrected chi connectivity index (χ4v) is 8.77. The number of ether oxygens (including phenoxy) is 3. The van der Waals surface area contributed by atoms with E-state index in [1.807, 2.05) is 41.3 Å². The summed E-state index contributed by atoms with van der Waals surface area (Å²) in [5.41, 5.74) is 2.64. The van der Waals surface area contributed by atoms with E-state index in [1.165, 1.54) is 5.57 Å². The number of nitrogens with zero attached hydrogens (tertiary/aromatic N) is 1. The molecule has 1 spiro atoms. The molecule has 2 aromatic rings. The summed E-state index contributed by atoms with van der Waals surface area (Å²) >= 11 is 0. The Morgan fingerprint density at radius 3 is 2.22 bits per heavy atom. The van der Waals surface area contributed by atoms with Crippen LogP contribution in [-0.2, 0) is 19.8 Å². The summed E-state index contributed by atoms with van der Waals surface area (Å²) in [6, 6.07) is 21.2. The van der Waals surface area contributed by atoms with Crippen molar-refractivity contribution in [1.82, 2.24) is 4.90 Å². The van der Waals surface area contributed by atoms with E-state index in [9.17, 15) is 4.79 Å². The van der Waals surface area contributed by atoms with Crippen LogP contribution >= 0.6 is 0 Å². The van der Waals surface area contributed by atoms with E-state index in [2.05, 4.69) is 69.1 Å². The van der Waals surface area contributed by atoms with Gasteiger partial charge in [0.25, 0.3) is 0 Å². The lowest BCUT2D eigenvalue weighted by atomic mass is 9.76. The van der Waals surface area contributed by atoms with Crippen molar-refractivity contribution in [3.63, 3.8) is 0 Å². The Morgan fingerprint density at radius 1 is 0.976 bits per heavy atom. The minimum atomic E-state index is -1.87. The van der Waals surface area contributed by atoms with Crippen LogP contribution in [0.2, 0.25) is 19.1 Å². The molecule has 2 aliphatic heterocycles. The molecule has 2 saturated heterocycles. The number of cyclic esters (lactones) is 1. The zero-order chi connectivity index (χ0) is 28.9. The topological polar surface area (TPSA) is 48.0 Å². The first-order valence-electron chi connectivity index (χ1n) is 15.3. The van der Waals surface area contributed by atoms with Crippen LogP contribution in [-0.4, -0.2) is 50.3 Å². The highest BCUT2D eigenvalue weighted by molar-refractivity contribution is 6.78. The van der Waals surface area contributed by atoms with Gasteiger partial charge >= 0.3 is 6.09 Å². The molecule has 2 heterocycles. The Balaban J connectivity index is 1.25. The number of carbonyl (C=O) groups excluding carboxylic acids is 1. The third-order valence-electron chi connectivity index (χ3n) is 8.59. The molecule has 2 aromatic carbocycles. The number of amides is 1. The third kappa shape index (κ3) is 6.48. The number of allylic oxidation sites excluding steroid dienone is 1. The van der Waals surface area contributed by atoms with Crippen LogP contribution in [0, 0.1) is 17.8 Å². The van der Waals surface area contributed by atoms with Gasteiger partial charge in [-0.1, -0.05) is 93.2 Å². The molecule has 2 fully saturated rings. The zero-order valence-electron chi connectivity index (χ0n) is 25.2. The molecule has 3 aliphatic rings. The largest absolute Gasteiger partial charge is 0.431 e. The molecule has 5 nitrogen and oxygen atoms in total. The summed E-state index contributed by atoms with van der Waals surface area (Å²) in [7, 11) is -1.87. The second kappa shape index (κ2) is 12.6. The van der Waals surface area contributed by atoms with Crippen molar-refractivity contribution in [2.75, 3.05) is 19.4 Å². The van der Waals surface area contributed by atoms with Crippen molar-refractivity contribution in [3.8, 4) is 11.8 Å². The smallest absolute Gasteiger partial charge is 0.411 e. The standard InChI is InChI=1S/C35H45NO4Si/c1-28(2)32-35(30-18-10-7-11-19-30,31-20-12-8-13-21-31)40-33(37)36(32)27-41(3,4)25-14-6-5-9-16-29-17-15-22-34(26-29)38-23-24-39-34/h7-8,10-13,18-21,26,28,32H,5,9,15-17,22-25,27H2,1-4H3/t32-/m0/s1. The Morgan fingerprint density at radius 2 is 1.61 bits per heavy atom. The average Bonchev–Trinajstić information content (AvgIpc) is 3.53. The number of hydrogen-bond donors (Lipinski definition) is 0. The van der Waals surface area contributed by atoms with Crippen molar-refractivity contribution in [3.05, 3.63) is 83.4 Å². The fraction of sp³-hybridized carbons (Fsp3) is 0.514. The molecule has 0 saturated carbocycles. The molecule has 0 bridgehead atoms. The van der Waals surface area contributed by atoms with Gasteiger partial charge in [-0.25, -0.2) is 4.79 Å². The lowest BCUT2D eigenvalue weighted by Gasteiger charge is -2.39. The molecule has 1 atom stereocenters. The molecule has 1 aliphatic carbocycles. The van der Waals surface area contributed by atoms with Gasteiger partial charge in [-0.2, -0.15) is 0 Å². The molecular formula is C35H45NO4Si. The molecule has 0 N–H and O–H groups in total. The van der Waals surface area contributed by atoms with Crippen molar-refractivity contribution < 1.29 is 19.0 Å². The van der Waals surface area contributed by atoms with Gasteiger partial charge < -0.3 is 19.1 Å². The van der Waals surface area contributed by atoms with Gasteiger partial charge in [0.2, 0.25) is 0 Å². The van der Waals surface area contributed by atoms with Gasteiger partial charge in [0.15, 0.2) is 11.4 Å². The van der Waals surface area contributed by atoms with Crippen LogP contribution in [0.25, 0.3) is 0 Å². The Bertz CT molecular complexity index is 1230. The first-order chi connectivity index (χ1) is 19.7. The van der Waals surface area contributed by atoms with Gasteiger partial charge in [0, 0.05) is 36.2 Å². The molecule has 218 valence electrons. The zero-order valence-corrected chi connectivity index (χ0v) is 26.2. The molecule has 6 heteroatoms. The summed E-state index contributed by atoms with van der Waals surface area (Å²) in [6.45, 7) is 10.5. The van der Waals surface area contributed by atoms with E-state index in [0.717, 1.165) is 61.9 Å². The number of unbranched alkanes of at least 4 members (excludes halogenated alkanes) is 1. The van der Waals surface area contributed by atoms with E-state index in [1.54, 1.807) is 0 Å². The first kappa shape index (κ1) is 29.6. The van der Waals surface area contributed by atoms with Crippen LogP contribution in [0.5, 0.6) is 0 Å². The van der Waals surface area contributed by atoms with Crippen LogP contribution in [0.1, 0.15) is 63.5 Å². The highest BCUT2D eigenvalue weighted by Crippen LogP contribution is 2.47. The second-order valence-corrected chi connectivity index (χ2v) is 17.9. The number of rotatable bonds is 9. The Kier molecular flexibility index (Phi) is 9.08. The van der Waals surface area contributed by atoms with E-state index < -0.39 is 19.5 Å². The summed E-state index contributed by atoms with van der Waals surface area (Å²) in [4.78, 5) is 15.7. The Labute approximate surface area is 247 Å². The molecule has 41 heavy (non-hydrogen) atoms. The highest BCUT2D eigenvalue weighted by Gasteiger charge is 2.58. The first-order valence-corrected chi connectivity index (χ1v) is 18.7.